The predicted molar refractivity (Wildman–Crippen MR) is 107 cm³/mol. The number of nitrogens with one attached hydrogen (secondary N) is 3. The van der Waals surface area contributed by atoms with Crippen molar-refractivity contribution in [3.63, 3.8) is 0 Å². The zero-order valence-electron chi connectivity index (χ0n) is 16.8. The van der Waals surface area contributed by atoms with E-state index in [2.05, 4.69) is 16.0 Å². The maximum Gasteiger partial charge on any atom is 0.322 e. The molecular weight excluding hydrogens is 412 g/mol. The van der Waals surface area contributed by atoms with Crippen LogP contribution in [-0.2, 0) is 30.4 Å². The van der Waals surface area contributed by atoms with Gasteiger partial charge in [-0.1, -0.05) is 12.1 Å². The van der Waals surface area contributed by atoms with Gasteiger partial charge in [-0.25, -0.2) is 0 Å². The van der Waals surface area contributed by atoms with Crippen molar-refractivity contribution in [3.05, 3.63) is 29.8 Å². The molecule has 1 rings (SSSR count). The first-order chi connectivity index (χ1) is 14.5. The highest BCUT2D eigenvalue weighted by Gasteiger charge is 2.26. The lowest BCUT2D eigenvalue weighted by Gasteiger charge is -2.22. The first kappa shape index (κ1) is 25.4. The van der Waals surface area contributed by atoms with Crippen molar-refractivity contribution in [2.24, 2.45) is 5.73 Å². The van der Waals surface area contributed by atoms with Gasteiger partial charge in [0.15, 0.2) is 0 Å². The Morgan fingerprint density at radius 3 is 2.10 bits per heavy atom. The van der Waals surface area contributed by atoms with Crippen LogP contribution in [0.25, 0.3) is 0 Å². The number of nitrogens with two attached hydrogens (primary N) is 1. The van der Waals surface area contributed by atoms with Crippen LogP contribution in [0.4, 0.5) is 0 Å². The summed E-state index contributed by atoms with van der Waals surface area (Å²) in [7, 11) is 0. The fourth-order valence-corrected chi connectivity index (χ4v) is 2.46. The lowest BCUT2D eigenvalue weighted by Crippen LogP contribution is -2.55. The van der Waals surface area contributed by atoms with Gasteiger partial charge in [0, 0.05) is 12.8 Å². The molecule has 3 atom stereocenters. The number of hydrogen-bond acceptors (Lipinski definition) is 7. The lowest BCUT2D eigenvalue weighted by molar-refractivity contribution is -0.139. The third-order valence-corrected chi connectivity index (χ3v) is 4.18. The smallest absolute Gasteiger partial charge is 0.322 e. The summed E-state index contributed by atoms with van der Waals surface area (Å²) in [6, 6.07) is 2.47. The second-order valence-electron chi connectivity index (χ2n) is 6.81. The molecule has 0 saturated heterocycles. The van der Waals surface area contributed by atoms with Crippen LogP contribution in [0.3, 0.4) is 0 Å². The molecule has 12 heteroatoms. The van der Waals surface area contributed by atoms with Gasteiger partial charge in [0.25, 0.3) is 0 Å². The minimum atomic E-state index is -1.26. The number of phenols is 1. The summed E-state index contributed by atoms with van der Waals surface area (Å²) >= 11 is 0. The zero-order chi connectivity index (χ0) is 23.6. The van der Waals surface area contributed by atoms with Crippen LogP contribution in [-0.4, -0.2) is 69.7 Å². The van der Waals surface area contributed by atoms with Gasteiger partial charge in [-0.3, -0.25) is 24.0 Å². The molecule has 170 valence electrons. The Morgan fingerprint density at radius 1 is 0.935 bits per heavy atom. The fourth-order valence-electron chi connectivity index (χ4n) is 2.46. The highest BCUT2D eigenvalue weighted by molar-refractivity contribution is 5.93. The minimum absolute atomic E-state index is 0.00371. The topological polar surface area (TPSA) is 208 Å². The quantitative estimate of drug-likeness (QED) is 0.198. The Hall–Kier alpha value is -3.67. The molecule has 1 aromatic carbocycles. The summed E-state index contributed by atoms with van der Waals surface area (Å²) in [6.45, 7) is 0.704. The van der Waals surface area contributed by atoms with E-state index in [1.807, 2.05) is 0 Å². The molecule has 31 heavy (non-hydrogen) atoms. The van der Waals surface area contributed by atoms with Gasteiger partial charge in [-0.2, -0.15) is 0 Å². The molecule has 0 spiro atoms. The molecule has 0 radical (unpaired) electrons. The molecule has 3 unspecified atom stereocenters. The molecule has 0 saturated carbocycles. The van der Waals surface area contributed by atoms with E-state index in [9.17, 15) is 29.1 Å². The number of rotatable bonds is 12. The summed E-state index contributed by atoms with van der Waals surface area (Å²) in [6.07, 6.45) is -0.430. The Labute approximate surface area is 177 Å². The Balaban J connectivity index is 2.78. The van der Waals surface area contributed by atoms with E-state index < -0.39 is 54.3 Å². The molecule has 0 heterocycles. The van der Waals surface area contributed by atoms with Gasteiger partial charge in [0.05, 0.1) is 6.04 Å². The van der Waals surface area contributed by atoms with Crippen LogP contribution in [0.2, 0.25) is 0 Å². The van der Waals surface area contributed by atoms with Crippen molar-refractivity contribution in [2.45, 2.75) is 44.3 Å². The molecule has 3 amide bonds. The molecule has 0 fully saturated rings. The number of carbonyl (C=O) groups excluding carboxylic acids is 3. The summed E-state index contributed by atoms with van der Waals surface area (Å²) in [4.78, 5) is 58.1. The highest BCUT2D eigenvalue weighted by Crippen LogP contribution is 2.11. The lowest BCUT2D eigenvalue weighted by atomic mass is 10.0. The van der Waals surface area contributed by atoms with Crippen molar-refractivity contribution >= 4 is 29.7 Å². The van der Waals surface area contributed by atoms with E-state index in [4.69, 9.17) is 15.9 Å². The molecular formula is C19H26N4O8. The molecule has 12 nitrogen and oxygen atoms in total. The first-order valence-electron chi connectivity index (χ1n) is 9.35. The third kappa shape index (κ3) is 9.58. The molecule has 0 aliphatic rings. The van der Waals surface area contributed by atoms with Gasteiger partial charge in [0.1, 0.15) is 24.4 Å². The third-order valence-electron chi connectivity index (χ3n) is 4.18. The molecule has 1 aromatic rings. The monoisotopic (exact) mass is 438 g/mol. The van der Waals surface area contributed by atoms with Crippen molar-refractivity contribution in [2.75, 3.05) is 6.54 Å². The fraction of sp³-hybridized carbons (Fsp3) is 0.421. The van der Waals surface area contributed by atoms with E-state index in [1.165, 1.54) is 31.2 Å². The standard InChI is InChI=1S/C19H26N4O8/c1-10(22-18(30)13(20)6-7-15(25)26)17(29)23-14(19(31)21-9-16(27)28)8-11-2-4-12(24)5-3-11/h2-5,10,13-14,24H,6-9,20H2,1H3,(H,21,31)(H,22,30)(H,23,29)(H,25,26)(H,27,28). The van der Waals surface area contributed by atoms with Gasteiger partial charge >= 0.3 is 11.9 Å². The Bertz CT molecular complexity index is 812. The number of carboxylic acids is 2. The predicted octanol–water partition coefficient (Wildman–Crippen LogP) is -1.68. The van der Waals surface area contributed by atoms with E-state index in [-0.39, 0.29) is 25.0 Å². The van der Waals surface area contributed by atoms with Crippen molar-refractivity contribution < 1.29 is 39.3 Å². The zero-order valence-corrected chi connectivity index (χ0v) is 16.8. The molecule has 0 aliphatic carbocycles. The summed E-state index contributed by atoms with van der Waals surface area (Å²) < 4.78 is 0. The maximum absolute atomic E-state index is 12.5. The number of hydrogen-bond donors (Lipinski definition) is 7. The summed E-state index contributed by atoms with van der Waals surface area (Å²) in [5, 5.41) is 33.7. The second-order valence-corrected chi connectivity index (χ2v) is 6.81. The Morgan fingerprint density at radius 2 is 1.55 bits per heavy atom. The summed E-state index contributed by atoms with van der Waals surface area (Å²) in [5.74, 6) is -4.57. The van der Waals surface area contributed by atoms with Crippen LogP contribution in [0.5, 0.6) is 5.75 Å². The number of phenolic OH excluding ortho intramolecular Hbond substituents is 1. The van der Waals surface area contributed by atoms with Crippen molar-refractivity contribution in [1.29, 1.82) is 0 Å². The SMILES string of the molecule is CC(NC(=O)C(N)CCC(=O)O)C(=O)NC(Cc1ccc(O)cc1)C(=O)NCC(=O)O. The molecule has 0 bridgehead atoms. The van der Waals surface area contributed by atoms with Crippen LogP contribution in [0.15, 0.2) is 24.3 Å². The van der Waals surface area contributed by atoms with Crippen LogP contribution in [0, 0.1) is 0 Å². The largest absolute Gasteiger partial charge is 0.508 e. The number of amides is 3. The normalized spacial score (nSPS) is 13.4. The Kier molecular flexibility index (Phi) is 9.92. The number of benzene rings is 1. The van der Waals surface area contributed by atoms with Crippen molar-refractivity contribution in [3.8, 4) is 5.75 Å². The number of carboxylic acid groups (broad SMARTS) is 2. The van der Waals surface area contributed by atoms with Gasteiger partial charge in [-0.15, -0.1) is 0 Å². The maximum atomic E-state index is 12.5. The van der Waals surface area contributed by atoms with Gasteiger partial charge < -0.3 is 37.0 Å². The van der Waals surface area contributed by atoms with E-state index in [0.29, 0.717) is 5.56 Å². The van der Waals surface area contributed by atoms with Gasteiger partial charge in [-0.05, 0) is 31.0 Å². The molecule has 0 aromatic heterocycles. The number of carbonyl (C=O) groups is 5. The average molecular weight is 438 g/mol. The molecule has 0 aliphatic heterocycles. The van der Waals surface area contributed by atoms with Gasteiger partial charge in [0.2, 0.25) is 17.7 Å². The van der Waals surface area contributed by atoms with E-state index in [1.54, 1.807) is 0 Å². The molecule has 8 N–H and O–H groups in total. The highest BCUT2D eigenvalue weighted by atomic mass is 16.4. The first-order valence-corrected chi connectivity index (χ1v) is 9.35. The van der Waals surface area contributed by atoms with E-state index in [0.717, 1.165) is 0 Å². The average Bonchev–Trinajstić information content (AvgIpc) is 2.70. The van der Waals surface area contributed by atoms with Crippen molar-refractivity contribution in [1.82, 2.24) is 16.0 Å². The van der Waals surface area contributed by atoms with Crippen LogP contribution in [0.1, 0.15) is 25.3 Å². The number of aliphatic carboxylic acids is 2. The summed E-state index contributed by atoms with van der Waals surface area (Å²) in [5.41, 5.74) is 6.18. The number of aromatic hydroxyl groups is 1. The minimum Gasteiger partial charge on any atom is -0.508 e. The van der Waals surface area contributed by atoms with Crippen LogP contribution >= 0.6 is 0 Å². The van der Waals surface area contributed by atoms with E-state index >= 15 is 0 Å². The second kappa shape index (κ2) is 12.1. The van der Waals surface area contributed by atoms with Crippen LogP contribution < -0.4 is 21.7 Å².